The number of benzene rings is 1. The average molecular weight is 330 g/mol. The highest BCUT2D eigenvalue weighted by Gasteiger charge is 2.33. The van der Waals surface area contributed by atoms with Crippen molar-refractivity contribution in [3.63, 3.8) is 0 Å². The van der Waals surface area contributed by atoms with E-state index in [2.05, 4.69) is 26.0 Å². The number of aliphatic hydroxyl groups excluding tert-OH is 1. The van der Waals surface area contributed by atoms with Crippen molar-refractivity contribution >= 4 is 11.4 Å². The molecular weight excluding hydrogens is 300 g/mol. The highest BCUT2D eigenvalue weighted by Crippen LogP contribution is 2.43. The van der Waals surface area contributed by atoms with Crippen molar-refractivity contribution in [1.29, 1.82) is 0 Å². The average Bonchev–Trinajstić information content (AvgIpc) is 2.86. The summed E-state index contributed by atoms with van der Waals surface area (Å²) in [5.74, 6) is 1.37. The normalized spacial score (nSPS) is 16.0. The summed E-state index contributed by atoms with van der Waals surface area (Å²) in [6.45, 7) is 9.12. The SMILES string of the molecule is CCC(=O)CCCCc1cc(/C(C)=C\CO)cc2c1OCC2(C)C. The molecule has 1 aromatic rings. The van der Waals surface area contributed by atoms with E-state index in [4.69, 9.17) is 4.74 Å². The van der Waals surface area contributed by atoms with Gasteiger partial charge in [0.15, 0.2) is 0 Å². The minimum absolute atomic E-state index is 0.0117. The van der Waals surface area contributed by atoms with Gasteiger partial charge in [0, 0.05) is 23.8 Å². The lowest BCUT2D eigenvalue weighted by atomic mass is 9.83. The third-order valence-corrected chi connectivity index (χ3v) is 4.87. The van der Waals surface area contributed by atoms with E-state index >= 15 is 0 Å². The molecular formula is C21H30O3. The Balaban J connectivity index is 2.23. The van der Waals surface area contributed by atoms with Gasteiger partial charge in [-0.3, -0.25) is 4.79 Å². The molecule has 0 bridgehead atoms. The second kappa shape index (κ2) is 7.98. The summed E-state index contributed by atoms with van der Waals surface area (Å²) in [6, 6.07) is 4.39. The maximum atomic E-state index is 11.5. The van der Waals surface area contributed by atoms with E-state index in [0.717, 1.165) is 36.1 Å². The number of carbonyl (C=O) groups is 1. The number of rotatable bonds is 8. The van der Waals surface area contributed by atoms with Gasteiger partial charge < -0.3 is 9.84 Å². The molecule has 3 heteroatoms. The van der Waals surface area contributed by atoms with Gasteiger partial charge in [-0.15, -0.1) is 0 Å². The van der Waals surface area contributed by atoms with Crippen molar-refractivity contribution in [2.24, 2.45) is 0 Å². The lowest BCUT2D eigenvalue weighted by Crippen LogP contribution is -2.18. The molecule has 24 heavy (non-hydrogen) atoms. The molecule has 0 unspecified atom stereocenters. The summed E-state index contributed by atoms with van der Waals surface area (Å²) < 4.78 is 6.00. The maximum absolute atomic E-state index is 11.5. The zero-order valence-electron chi connectivity index (χ0n) is 15.4. The van der Waals surface area contributed by atoms with Crippen LogP contribution in [-0.4, -0.2) is 24.1 Å². The fraction of sp³-hybridized carbons (Fsp3) is 0.571. The Morgan fingerprint density at radius 2 is 2.08 bits per heavy atom. The van der Waals surface area contributed by atoms with Crippen LogP contribution >= 0.6 is 0 Å². The predicted molar refractivity (Wildman–Crippen MR) is 98.6 cm³/mol. The quantitative estimate of drug-likeness (QED) is 0.717. The Morgan fingerprint density at radius 3 is 2.75 bits per heavy atom. The lowest BCUT2D eigenvalue weighted by Gasteiger charge is -2.17. The predicted octanol–water partition coefficient (Wildman–Crippen LogP) is 4.44. The molecule has 0 amide bonds. The van der Waals surface area contributed by atoms with Crippen molar-refractivity contribution < 1.29 is 14.6 Å². The molecule has 0 fully saturated rings. The van der Waals surface area contributed by atoms with E-state index in [1.54, 1.807) is 0 Å². The number of ketones is 1. The standard InChI is InChI=1S/C21H30O3/c1-5-18(23)9-7-6-8-16-12-17(15(2)10-11-22)13-19-20(16)24-14-21(19,3)4/h10,12-13,22H,5-9,11,14H2,1-4H3/b15-10-. The summed E-state index contributed by atoms with van der Waals surface area (Å²) in [5, 5.41) is 9.18. The van der Waals surface area contributed by atoms with Crippen molar-refractivity contribution in [1.82, 2.24) is 0 Å². The van der Waals surface area contributed by atoms with Crippen molar-refractivity contribution in [3.8, 4) is 5.75 Å². The van der Waals surface area contributed by atoms with Crippen LogP contribution in [0.1, 0.15) is 70.1 Å². The minimum atomic E-state index is 0.0117. The molecule has 0 spiro atoms. The van der Waals surface area contributed by atoms with Crippen LogP contribution in [0.2, 0.25) is 0 Å². The first kappa shape index (κ1) is 18.7. The topological polar surface area (TPSA) is 46.5 Å². The molecule has 0 saturated heterocycles. The third kappa shape index (κ3) is 4.27. The molecule has 2 rings (SSSR count). The van der Waals surface area contributed by atoms with Crippen LogP contribution in [-0.2, 0) is 16.6 Å². The van der Waals surface area contributed by atoms with Crippen LogP contribution in [0.5, 0.6) is 5.75 Å². The van der Waals surface area contributed by atoms with Gasteiger partial charge in [-0.25, -0.2) is 0 Å². The fourth-order valence-electron chi connectivity index (χ4n) is 3.17. The van der Waals surface area contributed by atoms with Gasteiger partial charge >= 0.3 is 0 Å². The molecule has 0 atom stereocenters. The largest absolute Gasteiger partial charge is 0.492 e. The summed E-state index contributed by atoms with van der Waals surface area (Å²) in [7, 11) is 0. The van der Waals surface area contributed by atoms with E-state index in [0.29, 0.717) is 25.2 Å². The monoisotopic (exact) mass is 330 g/mol. The first-order valence-electron chi connectivity index (χ1n) is 8.99. The van der Waals surface area contributed by atoms with Gasteiger partial charge in [0.05, 0.1) is 13.2 Å². The summed E-state index contributed by atoms with van der Waals surface area (Å²) >= 11 is 0. The first-order chi connectivity index (χ1) is 11.4. The Bertz CT molecular complexity index is 626. The van der Waals surface area contributed by atoms with Gasteiger partial charge in [0.1, 0.15) is 11.5 Å². The number of aryl methyl sites for hydroxylation is 1. The van der Waals surface area contributed by atoms with Crippen LogP contribution in [0.25, 0.3) is 5.57 Å². The number of Topliss-reactive ketones (excluding diaryl/α,β-unsaturated/α-hetero) is 1. The minimum Gasteiger partial charge on any atom is -0.492 e. The number of allylic oxidation sites excluding steroid dienone is 1. The number of hydrogen-bond acceptors (Lipinski definition) is 3. The summed E-state index contributed by atoms with van der Waals surface area (Å²) in [4.78, 5) is 11.5. The zero-order chi connectivity index (χ0) is 17.7. The van der Waals surface area contributed by atoms with Crippen LogP contribution in [0.3, 0.4) is 0 Å². The van der Waals surface area contributed by atoms with Crippen LogP contribution in [0.15, 0.2) is 18.2 Å². The van der Waals surface area contributed by atoms with E-state index in [9.17, 15) is 9.90 Å². The number of hydrogen-bond donors (Lipinski definition) is 1. The Labute approximate surface area is 145 Å². The highest BCUT2D eigenvalue weighted by atomic mass is 16.5. The molecule has 132 valence electrons. The Hall–Kier alpha value is -1.61. The highest BCUT2D eigenvalue weighted by molar-refractivity contribution is 5.77. The van der Waals surface area contributed by atoms with Crippen LogP contribution in [0, 0.1) is 0 Å². The van der Waals surface area contributed by atoms with E-state index in [1.165, 1.54) is 11.1 Å². The molecule has 0 aliphatic carbocycles. The molecule has 1 aliphatic rings. The Kier molecular flexibility index (Phi) is 6.22. The zero-order valence-corrected chi connectivity index (χ0v) is 15.4. The summed E-state index contributed by atoms with van der Waals surface area (Å²) in [6.07, 6.45) is 6.00. The molecule has 1 aliphatic heterocycles. The van der Waals surface area contributed by atoms with Crippen LogP contribution < -0.4 is 4.74 Å². The van der Waals surface area contributed by atoms with Crippen molar-refractivity contribution in [2.75, 3.05) is 13.2 Å². The van der Waals surface area contributed by atoms with E-state index in [1.807, 2.05) is 19.9 Å². The Morgan fingerprint density at radius 1 is 1.33 bits per heavy atom. The molecule has 0 radical (unpaired) electrons. The molecule has 3 nitrogen and oxygen atoms in total. The fourth-order valence-corrected chi connectivity index (χ4v) is 3.17. The maximum Gasteiger partial charge on any atom is 0.132 e. The molecule has 1 N–H and O–H groups in total. The molecule has 1 heterocycles. The van der Waals surface area contributed by atoms with Crippen molar-refractivity contribution in [2.45, 2.75) is 65.2 Å². The molecule has 0 aromatic heterocycles. The smallest absolute Gasteiger partial charge is 0.132 e. The van der Waals surface area contributed by atoms with Gasteiger partial charge in [-0.2, -0.15) is 0 Å². The number of ether oxygens (including phenoxy) is 1. The number of carbonyl (C=O) groups excluding carboxylic acids is 1. The van der Waals surface area contributed by atoms with Crippen molar-refractivity contribution in [3.05, 3.63) is 34.9 Å². The second-order valence-corrected chi connectivity index (χ2v) is 7.35. The van der Waals surface area contributed by atoms with Gasteiger partial charge in [0.25, 0.3) is 0 Å². The third-order valence-electron chi connectivity index (χ3n) is 4.87. The van der Waals surface area contributed by atoms with E-state index < -0.39 is 0 Å². The number of fused-ring (bicyclic) bond motifs is 1. The molecule has 1 aromatic carbocycles. The van der Waals surface area contributed by atoms with Gasteiger partial charge in [-0.1, -0.05) is 26.8 Å². The lowest BCUT2D eigenvalue weighted by molar-refractivity contribution is -0.118. The number of aliphatic hydroxyl groups is 1. The first-order valence-corrected chi connectivity index (χ1v) is 8.99. The van der Waals surface area contributed by atoms with E-state index in [-0.39, 0.29) is 12.0 Å². The van der Waals surface area contributed by atoms with Gasteiger partial charge in [-0.05, 0) is 55.0 Å². The summed E-state index contributed by atoms with van der Waals surface area (Å²) in [5.41, 5.74) is 4.73. The second-order valence-electron chi connectivity index (χ2n) is 7.35. The number of unbranched alkanes of at least 4 members (excludes halogenated alkanes) is 1. The van der Waals surface area contributed by atoms with Gasteiger partial charge in [0.2, 0.25) is 0 Å². The molecule has 0 saturated carbocycles. The van der Waals surface area contributed by atoms with Crippen LogP contribution in [0.4, 0.5) is 0 Å².